The van der Waals surface area contributed by atoms with Gasteiger partial charge in [-0.15, -0.1) is 0 Å². The molecule has 2 aromatic rings. The van der Waals surface area contributed by atoms with Crippen molar-refractivity contribution in [1.82, 2.24) is 0 Å². The van der Waals surface area contributed by atoms with Crippen LogP contribution in [-0.4, -0.2) is 24.4 Å². The molecule has 0 bridgehead atoms. The molecule has 4 N–H and O–H groups in total. The van der Waals surface area contributed by atoms with E-state index in [9.17, 15) is 5.11 Å². The number of hydrogen-bond donors (Lipinski definition) is 2. The van der Waals surface area contributed by atoms with Gasteiger partial charge in [0, 0.05) is 5.41 Å². The Morgan fingerprint density at radius 2 is 1.57 bits per heavy atom. The van der Waals surface area contributed by atoms with Gasteiger partial charge in [0.2, 0.25) is 0 Å². The van der Waals surface area contributed by atoms with Crippen LogP contribution < -0.4 is 10.5 Å². The lowest BCUT2D eigenvalue weighted by Gasteiger charge is -2.26. The normalized spacial score (nSPS) is 13.0. The van der Waals surface area contributed by atoms with Crippen LogP contribution in [0.4, 0.5) is 0 Å². The van der Waals surface area contributed by atoms with Gasteiger partial charge in [0.05, 0.1) is 0 Å². The van der Waals surface area contributed by atoms with Crippen molar-refractivity contribution >= 4 is 0 Å². The van der Waals surface area contributed by atoms with E-state index in [0.29, 0.717) is 6.54 Å². The zero-order chi connectivity index (χ0) is 15.3. The summed E-state index contributed by atoms with van der Waals surface area (Å²) in [6.07, 6.45) is -0.509. The average molecular weight is 286 g/mol. The highest BCUT2D eigenvalue weighted by Gasteiger charge is 2.22. The van der Waals surface area contributed by atoms with Crippen molar-refractivity contribution < 1.29 is 15.6 Å². The van der Waals surface area contributed by atoms with Crippen LogP contribution in [0, 0.1) is 0 Å². The fourth-order valence-electron chi connectivity index (χ4n) is 2.27. The Labute approximate surface area is 126 Å². The van der Waals surface area contributed by atoms with E-state index in [1.807, 2.05) is 18.2 Å². The van der Waals surface area contributed by atoms with Gasteiger partial charge >= 0.3 is 0 Å². The maximum atomic E-state index is 9.46. The molecule has 0 saturated carbocycles. The third kappa shape index (κ3) is 3.84. The van der Waals surface area contributed by atoms with E-state index >= 15 is 0 Å². The SMILES string of the molecule is CC(C)(c1ccccc1)c1ccc(OC[C@H](O)C[NH3+])cc1. The number of rotatable bonds is 6. The number of quaternary nitrogens is 1. The van der Waals surface area contributed by atoms with Gasteiger partial charge in [-0.05, 0) is 23.3 Å². The molecule has 0 unspecified atom stereocenters. The summed E-state index contributed by atoms with van der Waals surface area (Å²) in [6.45, 7) is 5.17. The molecule has 0 aliphatic heterocycles. The van der Waals surface area contributed by atoms with Crippen LogP contribution in [0.3, 0.4) is 0 Å². The van der Waals surface area contributed by atoms with Crippen LogP contribution in [0.5, 0.6) is 5.75 Å². The van der Waals surface area contributed by atoms with Crippen molar-refractivity contribution in [3.8, 4) is 5.75 Å². The molecule has 3 nitrogen and oxygen atoms in total. The zero-order valence-electron chi connectivity index (χ0n) is 12.8. The van der Waals surface area contributed by atoms with Crippen LogP contribution in [0.25, 0.3) is 0 Å². The predicted molar refractivity (Wildman–Crippen MR) is 84.3 cm³/mol. The highest BCUT2D eigenvalue weighted by Crippen LogP contribution is 2.32. The van der Waals surface area contributed by atoms with Crippen molar-refractivity contribution in [2.75, 3.05) is 13.2 Å². The smallest absolute Gasteiger partial charge is 0.136 e. The van der Waals surface area contributed by atoms with E-state index in [0.717, 1.165) is 5.75 Å². The van der Waals surface area contributed by atoms with Crippen LogP contribution in [0.15, 0.2) is 54.6 Å². The Morgan fingerprint density at radius 3 is 2.14 bits per heavy atom. The lowest BCUT2D eigenvalue weighted by atomic mass is 9.78. The number of hydrogen-bond acceptors (Lipinski definition) is 2. The van der Waals surface area contributed by atoms with Gasteiger partial charge in [-0.1, -0.05) is 56.3 Å². The van der Waals surface area contributed by atoms with E-state index in [1.54, 1.807) is 0 Å². The summed E-state index contributed by atoms with van der Waals surface area (Å²) < 4.78 is 5.54. The van der Waals surface area contributed by atoms with Crippen molar-refractivity contribution in [3.05, 3.63) is 65.7 Å². The zero-order valence-corrected chi connectivity index (χ0v) is 12.8. The second-order valence-electron chi connectivity index (χ2n) is 5.77. The summed E-state index contributed by atoms with van der Waals surface area (Å²) >= 11 is 0. The van der Waals surface area contributed by atoms with E-state index < -0.39 is 6.10 Å². The molecular weight excluding hydrogens is 262 g/mol. The van der Waals surface area contributed by atoms with Gasteiger partial charge < -0.3 is 15.6 Å². The summed E-state index contributed by atoms with van der Waals surface area (Å²) in [4.78, 5) is 0. The van der Waals surface area contributed by atoms with E-state index in [1.165, 1.54) is 11.1 Å². The largest absolute Gasteiger partial charge is 0.491 e. The lowest BCUT2D eigenvalue weighted by molar-refractivity contribution is -0.384. The Morgan fingerprint density at radius 1 is 1.00 bits per heavy atom. The lowest BCUT2D eigenvalue weighted by Crippen LogP contribution is -2.56. The van der Waals surface area contributed by atoms with E-state index in [4.69, 9.17) is 4.74 Å². The summed E-state index contributed by atoms with van der Waals surface area (Å²) in [5.41, 5.74) is 6.12. The maximum Gasteiger partial charge on any atom is 0.136 e. The molecule has 112 valence electrons. The standard InChI is InChI=1S/C18H23NO2/c1-18(2,14-6-4-3-5-7-14)15-8-10-17(11-9-15)21-13-16(20)12-19/h3-11,16,20H,12-13,19H2,1-2H3/p+1/t16-/m1/s1. The molecular formula is C18H24NO2+. The molecule has 0 radical (unpaired) electrons. The molecule has 0 amide bonds. The van der Waals surface area contributed by atoms with E-state index in [-0.39, 0.29) is 12.0 Å². The molecule has 0 saturated heterocycles. The van der Waals surface area contributed by atoms with Gasteiger partial charge in [0.1, 0.15) is 25.0 Å². The summed E-state index contributed by atoms with van der Waals surface area (Å²) in [5.74, 6) is 0.773. The molecule has 0 spiro atoms. The Bertz CT molecular complexity index is 549. The van der Waals surface area contributed by atoms with Gasteiger partial charge in [-0.25, -0.2) is 0 Å². The first-order valence-corrected chi connectivity index (χ1v) is 7.30. The average Bonchev–Trinajstić information content (AvgIpc) is 2.53. The minimum atomic E-state index is -0.509. The van der Waals surface area contributed by atoms with Gasteiger partial charge in [0.15, 0.2) is 0 Å². The Balaban J connectivity index is 2.11. The number of aliphatic hydroxyl groups is 1. The number of aliphatic hydroxyl groups excluding tert-OH is 1. The quantitative estimate of drug-likeness (QED) is 0.853. The first-order chi connectivity index (χ1) is 10.0. The molecule has 1 atom stereocenters. The van der Waals surface area contributed by atoms with Crippen molar-refractivity contribution in [1.29, 1.82) is 0 Å². The molecule has 2 rings (SSSR count). The molecule has 0 aliphatic rings. The van der Waals surface area contributed by atoms with Gasteiger partial charge in [-0.2, -0.15) is 0 Å². The number of benzene rings is 2. The third-order valence-corrected chi connectivity index (χ3v) is 3.85. The Hall–Kier alpha value is -1.84. The fourth-order valence-corrected chi connectivity index (χ4v) is 2.27. The molecule has 0 fully saturated rings. The summed E-state index contributed by atoms with van der Waals surface area (Å²) in [5, 5.41) is 9.46. The fraction of sp³-hybridized carbons (Fsp3) is 0.333. The van der Waals surface area contributed by atoms with Crippen LogP contribution >= 0.6 is 0 Å². The van der Waals surface area contributed by atoms with Crippen LogP contribution in [0.2, 0.25) is 0 Å². The molecule has 3 heteroatoms. The molecule has 0 aliphatic carbocycles. The van der Waals surface area contributed by atoms with Gasteiger partial charge in [0.25, 0.3) is 0 Å². The topological polar surface area (TPSA) is 57.1 Å². The van der Waals surface area contributed by atoms with Gasteiger partial charge in [-0.3, -0.25) is 0 Å². The van der Waals surface area contributed by atoms with E-state index in [2.05, 4.69) is 56.0 Å². The first-order valence-electron chi connectivity index (χ1n) is 7.30. The first kappa shape index (κ1) is 15.5. The monoisotopic (exact) mass is 286 g/mol. The maximum absolute atomic E-state index is 9.46. The summed E-state index contributed by atoms with van der Waals surface area (Å²) in [6, 6.07) is 18.5. The molecule has 0 heterocycles. The second-order valence-corrected chi connectivity index (χ2v) is 5.77. The number of ether oxygens (including phenoxy) is 1. The minimum Gasteiger partial charge on any atom is -0.491 e. The molecule has 0 aromatic heterocycles. The minimum absolute atomic E-state index is 0.0490. The van der Waals surface area contributed by atoms with Crippen molar-refractivity contribution in [2.24, 2.45) is 0 Å². The van der Waals surface area contributed by atoms with Crippen molar-refractivity contribution in [3.63, 3.8) is 0 Å². The van der Waals surface area contributed by atoms with Crippen LogP contribution in [-0.2, 0) is 5.41 Å². The molecule has 2 aromatic carbocycles. The third-order valence-electron chi connectivity index (χ3n) is 3.85. The Kier molecular flexibility index (Phi) is 4.99. The van der Waals surface area contributed by atoms with Crippen LogP contribution in [0.1, 0.15) is 25.0 Å². The highest BCUT2D eigenvalue weighted by atomic mass is 16.5. The second kappa shape index (κ2) is 6.74. The molecule has 21 heavy (non-hydrogen) atoms. The predicted octanol–water partition coefficient (Wildman–Crippen LogP) is 1.99. The highest BCUT2D eigenvalue weighted by molar-refractivity contribution is 5.39. The van der Waals surface area contributed by atoms with Crippen molar-refractivity contribution in [2.45, 2.75) is 25.4 Å². The summed E-state index contributed by atoms with van der Waals surface area (Å²) in [7, 11) is 0.